The predicted octanol–water partition coefficient (Wildman–Crippen LogP) is 2.33. The molecule has 4 rings (SSSR count). The molecule has 0 unspecified atom stereocenters. The summed E-state index contributed by atoms with van der Waals surface area (Å²) in [6, 6.07) is 11.0. The Kier molecular flexibility index (Phi) is 5.54. The van der Waals surface area contributed by atoms with E-state index in [0.717, 1.165) is 43.5 Å². The first-order chi connectivity index (χ1) is 13.7. The molecule has 2 aromatic rings. The van der Waals surface area contributed by atoms with Crippen LogP contribution in [0.2, 0.25) is 0 Å². The van der Waals surface area contributed by atoms with Crippen LogP contribution in [0.4, 0.5) is 5.82 Å². The normalized spacial score (nSPS) is 17.0. The lowest BCUT2D eigenvalue weighted by Crippen LogP contribution is -2.47. The van der Waals surface area contributed by atoms with E-state index in [1.807, 2.05) is 18.2 Å². The van der Waals surface area contributed by atoms with Gasteiger partial charge >= 0.3 is 5.97 Å². The summed E-state index contributed by atoms with van der Waals surface area (Å²) in [7, 11) is 0. The third-order valence-corrected chi connectivity index (χ3v) is 4.99. The van der Waals surface area contributed by atoms with Crippen molar-refractivity contribution in [3.63, 3.8) is 0 Å². The van der Waals surface area contributed by atoms with E-state index in [4.69, 9.17) is 4.74 Å². The van der Waals surface area contributed by atoms with Gasteiger partial charge in [-0.1, -0.05) is 12.0 Å². The van der Waals surface area contributed by atoms with Gasteiger partial charge in [-0.05, 0) is 55.0 Å². The summed E-state index contributed by atoms with van der Waals surface area (Å²) in [5.41, 5.74) is 1.38. The van der Waals surface area contributed by atoms with Gasteiger partial charge in [0.2, 0.25) is 0 Å². The number of nitrogens with zero attached hydrogens (tertiary/aromatic N) is 4. The van der Waals surface area contributed by atoms with Crippen LogP contribution in [0, 0.1) is 17.8 Å². The monoisotopic (exact) mass is 376 g/mol. The number of esters is 1. The molecule has 144 valence electrons. The summed E-state index contributed by atoms with van der Waals surface area (Å²) in [6.07, 6.45) is 2.81. The van der Waals surface area contributed by atoms with Gasteiger partial charge in [0.1, 0.15) is 11.4 Å². The van der Waals surface area contributed by atoms with Crippen LogP contribution in [-0.4, -0.2) is 53.8 Å². The smallest absolute Gasteiger partial charge is 0.308 e. The molecule has 0 N–H and O–H groups in total. The van der Waals surface area contributed by atoms with Crippen molar-refractivity contribution in [2.24, 2.45) is 5.92 Å². The van der Waals surface area contributed by atoms with E-state index >= 15 is 0 Å². The van der Waals surface area contributed by atoms with E-state index in [1.54, 1.807) is 18.2 Å². The second-order valence-corrected chi connectivity index (χ2v) is 7.38. The number of benzene rings is 1. The maximum absolute atomic E-state index is 11.1. The molecule has 0 radical (unpaired) electrons. The maximum atomic E-state index is 11.1. The number of rotatable bonds is 4. The number of hydrogen-bond acceptors (Lipinski definition) is 6. The van der Waals surface area contributed by atoms with Crippen LogP contribution in [0.25, 0.3) is 0 Å². The van der Waals surface area contributed by atoms with Gasteiger partial charge in [-0.25, -0.2) is 0 Å². The van der Waals surface area contributed by atoms with Crippen LogP contribution < -0.4 is 9.64 Å². The molecule has 1 aromatic heterocycles. The molecule has 1 aromatic carbocycles. The molecule has 0 atom stereocenters. The highest BCUT2D eigenvalue weighted by atomic mass is 16.5. The van der Waals surface area contributed by atoms with E-state index in [1.165, 1.54) is 26.3 Å². The van der Waals surface area contributed by atoms with Crippen molar-refractivity contribution >= 4 is 11.8 Å². The van der Waals surface area contributed by atoms with E-state index < -0.39 is 0 Å². The summed E-state index contributed by atoms with van der Waals surface area (Å²) in [5, 5.41) is 8.61. The van der Waals surface area contributed by atoms with Crippen LogP contribution in [0.1, 0.15) is 31.0 Å². The zero-order valence-corrected chi connectivity index (χ0v) is 16.1. The fraction of sp³-hybridized carbons (Fsp3) is 0.409. The lowest BCUT2D eigenvalue weighted by atomic mass is 10.2. The van der Waals surface area contributed by atoms with Crippen molar-refractivity contribution in [2.75, 3.05) is 37.6 Å². The molecule has 1 saturated heterocycles. The summed E-state index contributed by atoms with van der Waals surface area (Å²) < 4.78 is 5.08. The Morgan fingerprint density at radius 3 is 2.61 bits per heavy atom. The molecule has 28 heavy (non-hydrogen) atoms. The minimum absolute atomic E-state index is 0.347. The topological polar surface area (TPSA) is 58.6 Å². The van der Waals surface area contributed by atoms with Crippen molar-refractivity contribution < 1.29 is 9.53 Å². The molecular weight excluding hydrogens is 352 g/mol. The SMILES string of the molecule is CC(=O)Oc1cccc(C#Cc2ccc(N3CCN(CC4CC4)CC3)nn2)c1. The van der Waals surface area contributed by atoms with Gasteiger partial charge < -0.3 is 9.64 Å². The summed E-state index contributed by atoms with van der Waals surface area (Å²) in [5.74, 6) is 8.05. The molecule has 2 heterocycles. The molecule has 1 saturated carbocycles. The molecule has 0 spiro atoms. The molecule has 6 heteroatoms. The van der Waals surface area contributed by atoms with E-state index in [-0.39, 0.29) is 5.97 Å². The fourth-order valence-electron chi connectivity index (χ4n) is 3.33. The number of aromatic nitrogens is 2. The van der Waals surface area contributed by atoms with Gasteiger partial charge in [-0.2, -0.15) is 0 Å². The summed E-state index contributed by atoms with van der Waals surface area (Å²) >= 11 is 0. The first-order valence-electron chi connectivity index (χ1n) is 9.77. The Morgan fingerprint density at radius 1 is 1.11 bits per heavy atom. The van der Waals surface area contributed by atoms with Gasteiger partial charge in [-0.15, -0.1) is 10.2 Å². The molecule has 1 aliphatic carbocycles. The average Bonchev–Trinajstić information content (AvgIpc) is 3.51. The van der Waals surface area contributed by atoms with E-state index in [9.17, 15) is 4.79 Å². The number of ether oxygens (including phenoxy) is 1. The Balaban J connectivity index is 1.35. The highest BCUT2D eigenvalue weighted by Crippen LogP contribution is 2.30. The largest absolute Gasteiger partial charge is 0.427 e. The Morgan fingerprint density at radius 2 is 1.93 bits per heavy atom. The molecule has 2 aliphatic rings. The highest BCUT2D eigenvalue weighted by Gasteiger charge is 2.26. The van der Waals surface area contributed by atoms with Crippen molar-refractivity contribution in [1.29, 1.82) is 0 Å². The quantitative estimate of drug-likeness (QED) is 0.464. The van der Waals surface area contributed by atoms with Gasteiger partial charge in [0.05, 0.1) is 0 Å². The first-order valence-corrected chi connectivity index (χ1v) is 9.77. The van der Waals surface area contributed by atoms with Crippen LogP contribution in [0.3, 0.4) is 0 Å². The molecule has 0 amide bonds. The molecule has 1 aliphatic heterocycles. The van der Waals surface area contributed by atoms with Crippen molar-refractivity contribution in [1.82, 2.24) is 15.1 Å². The van der Waals surface area contributed by atoms with Crippen LogP contribution >= 0.6 is 0 Å². The van der Waals surface area contributed by atoms with Crippen LogP contribution in [0.15, 0.2) is 36.4 Å². The third kappa shape index (κ3) is 5.08. The zero-order valence-electron chi connectivity index (χ0n) is 16.1. The number of carbonyl (C=O) groups is 1. The summed E-state index contributed by atoms with van der Waals surface area (Å²) in [4.78, 5) is 15.9. The molecular formula is C22H24N4O2. The number of piperazine rings is 1. The molecule has 0 bridgehead atoms. The molecule has 2 fully saturated rings. The Hall–Kier alpha value is -2.91. The fourth-order valence-corrected chi connectivity index (χ4v) is 3.33. The zero-order chi connectivity index (χ0) is 19.3. The average molecular weight is 376 g/mol. The third-order valence-electron chi connectivity index (χ3n) is 4.99. The number of anilines is 1. The van der Waals surface area contributed by atoms with E-state index in [0.29, 0.717) is 11.4 Å². The maximum Gasteiger partial charge on any atom is 0.308 e. The number of hydrogen-bond donors (Lipinski definition) is 0. The van der Waals surface area contributed by atoms with Crippen LogP contribution in [-0.2, 0) is 4.79 Å². The van der Waals surface area contributed by atoms with Crippen molar-refractivity contribution in [2.45, 2.75) is 19.8 Å². The number of carbonyl (C=O) groups excluding carboxylic acids is 1. The predicted molar refractivity (Wildman–Crippen MR) is 107 cm³/mol. The highest BCUT2D eigenvalue weighted by molar-refractivity contribution is 5.69. The first kappa shape index (κ1) is 18.5. The minimum atomic E-state index is -0.347. The standard InChI is InChI=1S/C22H24N4O2/c1-17(27)28-21-4-2-3-18(15-21)7-8-20-9-10-22(24-23-20)26-13-11-25(12-14-26)16-19-5-6-19/h2-4,9-10,15,19H,5-6,11-14,16H2,1H3. The Bertz CT molecular complexity index is 889. The van der Waals surface area contributed by atoms with Crippen LogP contribution in [0.5, 0.6) is 5.75 Å². The Labute approximate surface area is 165 Å². The second-order valence-electron chi connectivity index (χ2n) is 7.38. The second kappa shape index (κ2) is 8.41. The van der Waals surface area contributed by atoms with Crippen molar-refractivity contribution in [3.05, 3.63) is 47.7 Å². The van der Waals surface area contributed by atoms with Gasteiger partial charge in [0.15, 0.2) is 5.82 Å². The minimum Gasteiger partial charge on any atom is -0.427 e. The van der Waals surface area contributed by atoms with Gasteiger partial charge in [0, 0.05) is 45.2 Å². The molecule has 6 nitrogen and oxygen atoms in total. The van der Waals surface area contributed by atoms with E-state index in [2.05, 4.69) is 31.8 Å². The van der Waals surface area contributed by atoms with Crippen molar-refractivity contribution in [3.8, 4) is 17.6 Å². The van der Waals surface area contributed by atoms with Gasteiger partial charge in [-0.3, -0.25) is 9.69 Å². The van der Waals surface area contributed by atoms with Gasteiger partial charge in [0.25, 0.3) is 0 Å². The summed E-state index contributed by atoms with van der Waals surface area (Å²) in [6.45, 7) is 6.82. The lowest BCUT2D eigenvalue weighted by molar-refractivity contribution is -0.131. The lowest BCUT2D eigenvalue weighted by Gasteiger charge is -2.35.